The molecule has 0 aliphatic heterocycles. The molecule has 1 aromatic rings. The van der Waals surface area contributed by atoms with E-state index in [-0.39, 0.29) is 6.42 Å². The Morgan fingerprint density at radius 3 is 2.44 bits per heavy atom. The van der Waals surface area contributed by atoms with Crippen molar-refractivity contribution in [3.8, 4) is 0 Å². The normalized spacial score (nSPS) is 10.2. The number of carboxylic acids is 1. The molecule has 1 rings (SSSR count). The van der Waals surface area contributed by atoms with Gasteiger partial charge in [0.15, 0.2) is 5.11 Å². The summed E-state index contributed by atoms with van der Waals surface area (Å²) in [6.07, 6.45) is 0.0497. The quantitative estimate of drug-likeness (QED) is 0.715. The van der Waals surface area contributed by atoms with Crippen LogP contribution in [0.2, 0.25) is 0 Å². The Bertz CT molecular complexity index is 416. The molecular weight excluding hydrogens is 248 g/mol. The van der Waals surface area contributed by atoms with Crippen LogP contribution in [0.15, 0.2) is 24.3 Å². The van der Waals surface area contributed by atoms with Gasteiger partial charge >= 0.3 is 5.97 Å². The highest BCUT2D eigenvalue weighted by Crippen LogP contribution is 2.16. The Morgan fingerprint density at radius 2 is 1.94 bits per heavy atom. The second kappa shape index (κ2) is 6.96. The SMILES string of the molecule is CC(C)c1ccc(NC(=S)NCCC(=O)O)cc1. The Balaban J connectivity index is 2.42. The van der Waals surface area contributed by atoms with E-state index in [9.17, 15) is 4.79 Å². The van der Waals surface area contributed by atoms with Crippen LogP contribution in [0.1, 0.15) is 31.7 Å². The van der Waals surface area contributed by atoms with Crippen molar-refractivity contribution in [2.45, 2.75) is 26.2 Å². The van der Waals surface area contributed by atoms with Crippen molar-refractivity contribution in [2.75, 3.05) is 11.9 Å². The van der Waals surface area contributed by atoms with Crippen LogP contribution in [-0.4, -0.2) is 22.7 Å². The van der Waals surface area contributed by atoms with Gasteiger partial charge in [0.1, 0.15) is 0 Å². The summed E-state index contributed by atoms with van der Waals surface area (Å²) in [6, 6.07) is 8.01. The third kappa shape index (κ3) is 5.14. The molecule has 0 spiro atoms. The standard InChI is InChI=1S/C13H18N2O2S/c1-9(2)10-3-5-11(6-4-10)15-13(18)14-8-7-12(16)17/h3-6,9H,7-8H2,1-2H3,(H,16,17)(H2,14,15,18). The maximum absolute atomic E-state index is 10.3. The third-order valence-electron chi connectivity index (χ3n) is 2.46. The highest BCUT2D eigenvalue weighted by atomic mass is 32.1. The van der Waals surface area contributed by atoms with Gasteiger partial charge < -0.3 is 15.7 Å². The summed E-state index contributed by atoms with van der Waals surface area (Å²) in [4.78, 5) is 10.3. The summed E-state index contributed by atoms with van der Waals surface area (Å²) in [5.74, 6) is -0.341. The molecule has 5 heteroatoms. The highest BCUT2D eigenvalue weighted by molar-refractivity contribution is 7.80. The molecular formula is C13H18N2O2S. The van der Waals surface area contributed by atoms with Gasteiger partial charge in [-0.05, 0) is 35.8 Å². The van der Waals surface area contributed by atoms with E-state index in [0.717, 1.165) is 5.69 Å². The summed E-state index contributed by atoms with van der Waals surface area (Å²) in [5, 5.41) is 14.8. The molecule has 98 valence electrons. The number of rotatable bonds is 5. The lowest BCUT2D eigenvalue weighted by atomic mass is 10.0. The largest absolute Gasteiger partial charge is 0.481 e. The van der Waals surface area contributed by atoms with Gasteiger partial charge in [0.2, 0.25) is 0 Å². The molecule has 0 aliphatic rings. The maximum atomic E-state index is 10.3. The van der Waals surface area contributed by atoms with Crippen molar-refractivity contribution < 1.29 is 9.90 Å². The number of carboxylic acid groups (broad SMARTS) is 1. The molecule has 0 amide bonds. The van der Waals surface area contributed by atoms with Crippen LogP contribution in [0, 0.1) is 0 Å². The molecule has 0 heterocycles. The lowest BCUT2D eigenvalue weighted by Crippen LogP contribution is -2.30. The van der Waals surface area contributed by atoms with Crippen molar-refractivity contribution in [1.82, 2.24) is 5.32 Å². The fourth-order valence-corrected chi connectivity index (χ4v) is 1.63. The fraction of sp³-hybridized carbons (Fsp3) is 0.385. The minimum absolute atomic E-state index is 0.0497. The molecule has 1 aromatic carbocycles. The Kier molecular flexibility index (Phi) is 5.58. The number of carbonyl (C=O) groups is 1. The van der Waals surface area contributed by atoms with Crippen LogP contribution in [0.3, 0.4) is 0 Å². The summed E-state index contributed by atoms with van der Waals surface area (Å²) in [6.45, 7) is 4.60. The smallest absolute Gasteiger partial charge is 0.305 e. The molecule has 0 saturated heterocycles. The number of aliphatic carboxylic acids is 1. The average Bonchev–Trinajstić information content (AvgIpc) is 2.29. The summed E-state index contributed by atoms with van der Waals surface area (Å²) in [5.41, 5.74) is 2.16. The van der Waals surface area contributed by atoms with E-state index < -0.39 is 5.97 Å². The topological polar surface area (TPSA) is 61.4 Å². The van der Waals surface area contributed by atoms with Crippen molar-refractivity contribution in [3.05, 3.63) is 29.8 Å². The molecule has 0 bridgehead atoms. The molecule has 18 heavy (non-hydrogen) atoms. The molecule has 0 aliphatic carbocycles. The fourth-order valence-electron chi connectivity index (χ4n) is 1.41. The zero-order valence-electron chi connectivity index (χ0n) is 10.6. The lowest BCUT2D eigenvalue weighted by Gasteiger charge is -2.11. The first-order valence-electron chi connectivity index (χ1n) is 5.85. The predicted octanol–water partition coefficient (Wildman–Crippen LogP) is 2.57. The van der Waals surface area contributed by atoms with Gasteiger partial charge in [-0.1, -0.05) is 26.0 Å². The first-order valence-corrected chi connectivity index (χ1v) is 6.26. The zero-order valence-corrected chi connectivity index (χ0v) is 11.4. The number of benzene rings is 1. The molecule has 3 N–H and O–H groups in total. The Hall–Kier alpha value is -1.62. The number of nitrogens with one attached hydrogen (secondary N) is 2. The second-order valence-electron chi connectivity index (χ2n) is 4.30. The van der Waals surface area contributed by atoms with Crippen LogP contribution < -0.4 is 10.6 Å². The van der Waals surface area contributed by atoms with E-state index in [2.05, 4.69) is 24.5 Å². The molecule has 0 atom stereocenters. The zero-order chi connectivity index (χ0) is 13.5. The van der Waals surface area contributed by atoms with E-state index in [0.29, 0.717) is 17.6 Å². The molecule has 0 aromatic heterocycles. The molecule has 0 fully saturated rings. The third-order valence-corrected chi connectivity index (χ3v) is 2.71. The second-order valence-corrected chi connectivity index (χ2v) is 4.71. The van der Waals surface area contributed by atoms with Crippen molar-refractivity contribution in [2.24, 2.45) is 0 Å². The summed E-state index contributed by atoms with van der Waals surface area (Å²) < 4.78 is 0. The Labute approximate surface area is 112 Å². The molecule has 0 unspecified atom stereocenters. The number of hydrogen-bond donors (Lipinski definition) is 3. The Morgan fingerprint density at radius 1 is 1.33 bits per heavy atom. The van der Waals surface area contributed by atoms with Crippen LogP contribution in [0.5, 0.6) is 0 Å². The van der Waals surface area contributed by atoms with Gasteiger partial charge in [-0.15, -0.1) is 0 Å². The summed E-state index contributed by atoms with van der Waals surface area (Å²) in [7, 11) is 0. The van der Waals surface area contributed by atoms with Gasteiger partial charge in [-0.2, -0.15) is 0 Å². The van der Waals surface area contributed by atoms with Crippen molar-refractivity contribution in [1.29, 1.82) is 0 Å². The van der Waals surface area contributed by atoms with Crippen LogP contribution in [0.4, 0.5) is 5.69 Å². The first kappa shape index (κ1) is 14.4. The van der Waals surface area contributed by atoms with Gasteiger partial charge in [-0.3, -0.25) is 4.79 Å². The lowest BCUT2D eigenvalue weighted by molar-refractivity contribution is -0.136. The average molecular weight is 266 g/mol. The minimum Gasteiger partial charge on any atom is -0.481 e. The van der Waals surface area contributed by atoms with Crippen LogP contribution >= 0.6 is 12.2 Å². The van der Waals surface area contributed by atoms with E-state index in [1.807, 2.05) is 24.3 Å². The number of anilines is 1. The minimum atomic E-state index is -0.841. The molecule has 4 nitrogen and oxygen atoms in total. The van der Waals surface area contributed by atoms with E-state index in [1.165, 1.54) is 5.56 Å². The number of hydrogen-bond acceptors (Lipinski definition) is 2. The summed E-state index contributed by atoms with van der Waals surface area (Å²) >= 11 is 5.06. The maximum Gasteiger partial charge on any atom is 0.305 e. The van der Waals surface area contributed by atoms with Gasteiger partial charge in [-0.25, -0.2) is 0 Å². The molecule has 0 saturated carbocycles. The van der Waals surface area contributed by atoms with E-state index in [4.69, 9.17) is 17.3 Å². The van der Waals surface area contributed by atoms with Crippen molar-refractivity contribution in [3.63, 3.8) is 0 Å². The van der Waals surface area contributed by atoms with Crippen molar-refractivity contribution >= 4 is 29.0 Å². The molecule has 0 radical (unpaired) electrons. The van der Waals surface area contributed by atoms with Crippen LogP contribution in [-0.2, 0) is 4.79 Å². The predicted molar refractivity (Wildman–Crippen MR) is 77.0 cm³/mol. The van der Waals surface area contributed by atoms with Gasteiger partial charge in [0.25, 0.3) is 0 Å². The monoisotopic (exact) mass is 266 g/mol. The van der Waals surface area contributed by atoms with E-state index >= 15 is 0 Å². The highest BCUT2D eigenvalue weighted by Gasteiger charge is 2.01. The number of thiocarbonyl (C=S) groups is 1. The van der Waals surface area contributed by atoms with Gasteiger partial charge in [0.05, 0.1) is 6.42 Å². The van der Waals surface area contributed by atoms with Crippen LogP contribution in [0.25, 0.3) is 0 Å². The van der Waals surface area contributed by atoms with E-state index in [1.54, 1.807) is 0 Å². The van der Waals surface area contributed by atoms with Gasteiger partial charge in [0, 0.05) is 12.2 Å². The first-order chi connectivity index (χ1) is 8.49.